The molecular weight excluding hydrogens is 204 g/mol. The fourth-order valence-corrected chi connectivity index (χ4v) is 3.55. The van der Waals surface area contributed by atoms with E-state index in [-0.39, 0.29) is 0 Å². The molecule has 2 rings (SSSR count). The molecule has 0 heterocycles. The van der Waals surface area contributed by atoms with Gasteiger partial charge in [-0.2, -0.15) is 0 Å². The summed E-state index contributed by atoms with van der Waals surface area (Å²) in [6.45, 7) is 2.35. The van der Waals surface area contributed by atoms with Gasteiger partial charge in [-0.1, -0.05) is 56.4 Å². The van der Waals surface area contributed by atoms with Gasteiger partial charge in [0.25, 0.3) is 0 Å². The zero-order valence-corrected chi connectivity index (χ0v) is 11.5. The van der Waals surface area contributed by atoms with Gasteiger partial charge in [-0.3, -0.25) is 0 Å². The highest BCUT2D eigenvalue weighted by atomic mass is 14.3. The zero-order valence-electron chi connectivity index (χ0n) is 11.5. The van der Waals surface area contributed by atoms with E-state index in [2.05, 4.69) is 25.2 Å². The summed E-state index contributed by atoms with van der Waals surface area (Å²) in [6, 6.07) is 0. The van der Waals surface area contributed by atoms with Crippen molar-refractivity contribution in [2.75, 3.05) is 0 Å². The summed E-state index contributed by atoms with van der Waals surface area (Å²) in [5.74, 6) is 1.82. The highest BCUT2D eigenvalue weighted by Gasteiger charge is 2.27. The van der Waals surface area contributed by atoms with Crippen LogP contribution in [0, 0.1) is 11.8 Å². The second-order valence-corrected chi connectivity index (χ2v) is 5.82. The molecule has 0 aromatic rings. The lowest BCUT2D eigenvalue weighted by Crippen LogP contribution is -2.02. The van der Waals surface area contributed by atoms with Gasteiger partial charge >= 0.3 is 0 Å². The Morgan fingerprint density at radius 3 is 2.71 bits per heavy atom. The summed E-state index contributed by atoms with van der Waals surface area (Å²) >= 11 is 0. The van der Waals surface area contributed by atoms with Crippen LogP contribution in [0.4, 0.5) is 0 Å². The molecule has 0 saturated heterocycles. The number of hydrogen-bond donors (Lipinski definition) is 0. The molecule has 17 heavy (non-hydrogen) atoms. The largest absolute Gasteiger partial charge is 0.0845 e. The Labute approximate surface area is 107 Å². The Hall–Kier alpha value is -0.520. The SMILES string of the molecule is CCC1CCC2CCCCCCC/C=C\C=C\12. The highest BCUT2D eigenvalue weighted by molar-refractivity contribution is 5.21. The molecule has 0 aliphatic heterocycles. The van der Waals surface area contributed by atoms with E-state index >= 15 is 0 Å². The number of rotatable bonds is 1. The van der Waals surface area contributed by atoms with Crippen molar-refractivity contribution < 1.29 is 0 Å². The van der Waals surface area contributed by atoms with Crippen LogP contribution < -0.4 is 0 Å². The third kappa shape index (κ3) is 3.72. The van der Waals surface area contributed by atoms with Crippen molar-refractivity contribution in [1.82, 2.24) is 0 Å². The van der Waals surface area contributed by atoms with Gasteiger partial charge < -0.3 is 0 Å². The van der Waals surface area contributed by atoms with Gasteiger partial charge in [0.15, 0.2) is 0 Å². The average Bonchev–Trinajstić information content (AvgIpc) is 2.71. The van der Waals surface area contributed by atoms with Crippen LogP contribution in [0.2, 0.25) is 0 Å². The molecule has 0 radical (unpaired) electrons. The molecule has 0 spiro atoms. The number of fused-ring (bicyclic) bond motifs is 1. The summed E-state index contributed by atoms with van der Waals surface area (Å²) in [7, 11) is 0. The number of hydrogen-bond acceptors (Lipinski definition) is 0. The second kappa shape index (κ2) is 7.03. The van der Waals surface area contributed by atoms with E-state index in [1.165, 1.54) is 64.2 Å². The zero-order chi connectivity index (χ0) is 11.9. The number of allylic oxidation sites excluding steroid dienone is 4. The third-order valence-corrected chi connectivity index (χ3v) is 4.65. The van der Waals surface area contributed by atoms with Crippen LogP contribution in [0.5, 0.6) is 0 Å². The van der Waals surface area contributed by atoms with Gasteiger partial charge in [-0.05, 0) is 50.4 Å². The van der Waals surface area contributed by atoms with Crippen LogP contribution in [0.15, 0.2) is 23.8 Å². The topological polar surface area (TPSA) is 0 Å². The molecule has 0 bridgehead atoms. The first-order valence-corrected chi connectivity index (χ1v) is 7.78. The molecule has 1 fully saturated rings. The van der Waals surface area contributed by atoms with E-state index in [9.17, 15) is 0 Å². The van der Waals surface area contributed by atoms with Crippen LogP contribution >= 0.6 is 0 Å². The predicted octanol–water partition coefficient (Wildman–Crippen LogP) is 5.65. The lowest BCUT2D eigenvalue weighted by Gasteiger charge is -2.16. The molecule has 0 nitrogen and oxygen atoms in total. The van der Waals surface area contributed by atoms with Crippen molar-refractivity contribution in [3.63, 3.8) is 0 Å². The van der Waals surface area contributed by atoms with Gasteiger partial charge in [0.2, 0.25) is 0 Å². The van der Waals surface area contributed by atoms with Crippen molar-refractivity contribution in [3.8, 4) is 0 Å². The minimum atomic E-state index is 0.896. The molecule has 2 aliphatic carbocycles. The molecule has 0 aromatic heterocycles. The quantitative estimate of drug-likeness (QED) is 0.548. The van der Waals surface area contributed by atoms with Crippen molar-refractivity contribution in [3.05, 3.63) is 23.8 Å². The van der Waals surface area contributed by atoms with Gasteiger partial charge in [0.05, 0.1) is 0 Å². The molecule has 2 unspecified atom stereocenters. The van der Waals surface area contributed by atoms with E-state index in [1.54, 1.807) is 5.57 Å². The lowest BCUT2D eigenvalue weighted by atomic mass is 9.90. The summed E-state index contributed by atoms with van der Waals surface area (Å²) in [4.78, 5) is 0. The Kier molecular flexibility index (Phi) is 5.35. The minimum absolute atomic E-state index is 0.896. The Morgan fingerprint density at radius 2 is 1.82 bits per heavy atom. The van der Waals surface area contributed by atoms with Crippen molar-refractivity contribution in [2.24, 2.45) is 11.8 Å². The minimum Gasteiger partial charge on any atom is -0.0845 e. The van der Waals surface area contributed by atoms with Gasteiger partial charge in [-0.25, -0.2) is 0 Å². The molecule has 96 valence electrons. The van der Waals surface area contributed by atoms with E-state index < -0.39 is 0 Å². The first-order chi connectivity index (χ1) is 8.42. The maximum absolute atomic E-state index is 2.47. The molecular formula is C17H28. The fourth-order valence-electron chi connectivity index (χ4n) is 3.55. The van der Waals surface area contributed by atoms with Crippen LogP contribution in [-0.2, 0) is 0 Å². The van der Waals surface area contributed by atoms with Crippen molar-refractivity contribution >= 4 is 0 Å². The lowest BCUT2D eigenvalue weighted by molar-refractivity contribution is 0.509. The molecule has 0 N–H and O–H groups in total. The maximum atomic E-state index is 2.47. The summed E-state index contributed by atoms with van der Waals surface area (Å²) in [5, 5.41) is 0. The van der Waals surface area contributed by atoms with Gasteiger partial charge in [0.1, 0.15) is 0 Å². The van der Waals surface area contributed by atoms with E-state index in [0.29, 0.717) is 0 Å². The first-order valence-electron chi connectivity index (χ1n) is 7.78. The van der Waals surface area contributed by atoms with Crippen molar-refractivity contribution in [1.29, 1.82) is 0 Å². The average molecular weight is 232 g/mol. The van der Waals surface area contributed by atoms with E-state index in [0.717, 1.165) is 11.8 Å². The van der Waals surface area contributed by atoms with Gasteiger partial charge in [0, 0.05) is 0 Å². The van der Waals surface area contributed by atoms with Crippen LogP contribution in [-0.4, -0.2) is 0 Å². The molecule has 1 saturated carbocycles. The fraction of sp³-hybridized carbons (Fsp3) is 0.765. The van der Waals surface area contributed by atoms with E-state index in [1.807, 2.05) is 0 Å². The molecule has 2 atom stereocenters. The monoisotopic (exact) mass is 232 g/mol. The van der Waals surface area contributed by atoms with Crippen LogP contribution in [0.3, 0.4) is 0 Å². The summed E-state index contributed by atoms with van der Waals surface area (Å²) in [6.07, 6.45) is 21.4. The molecule has 2 aliphatic rings. The normalized spacial score (nSPS) is 36.2. The third-order valence-electron chi connectivity index (χ3n) is 4.65. The van der Waals surface area contributed by atoms with Crippen LogP contribution in [0.1, 0.15) is 71.1 Å². The maximum Gasteiger partial charge on any atom is -0.0197 e. The van der Waals surface area contributed by atoms with Crippen LogP contribution in [0.25, 0.3) is 0 Å². The highest BCUT2D eigenvalue weighted by Crippen LogP contribution is 2.41. The Bertz CT molecular complexity index is 272. The standard InChI is InChI=1S/C17H28/c1-2-15-13-14-16-11-9-7-5-3-4-6-8-10-12-17(15)16/h8,10,12,15-16H,2-7,9,11,13-14H2,1H3/b10-8-,17-12-. The Balaban J connectivity index is 2.04. The summed E-state index contributed by atoms with van der Waals surface area (Å²) in [5.41, 5.74) is 1.78. The molecule has 0 heteroatoms. The van der Waals surface area contributed by atoms with E-state index in [4.69, 9.17) is 0 Å². The van der Waals surface area contributed by atoms with Gasteiger partial charge in [-0.15, -0.1) is 0 Å². The van der Waals surface area contributed by atoms with Crippen molar-refractivity contribution in [2.45, 2.75) is 71.1 Å². The Morgan fingerprint density at radius 1 is 1.00 bits per heavy atom. The first kappa shape index (κ1) is 12.9. The molecule has 0 aromatic carbocycles. The second-order valence-electron chi connectivity index (χ2n) is 5.82. The smallest absolute Gasteiger partial charge is 0.0197 e. The summed E-state index contributed by atoms with van der Waals surface area (Å²) < 4.78 is 0. The molecule has 0 amide bonds. The predicted molar refractivity (Wildman–Crippen MR) is 76.0 cm³/mol.